The average Bonchev–Trinajstić information content (AvgIpc) is 2.75. The predicted octanol–water partition coefficient (Wildman–Crippen LogP) is 0.504. The minimum Gasteiger partial charge on any atom is -0.481 e. The summed E-state index contributed by atoms with van der Waals surface area (Å²) in [6, 6.07) is 0.511. The zero-order valence-electron chi connectivity index (χ0n) is 10.9. The minimum absolute atomic E-state index is 0.233. The summed E-state index contributed by atoms with van der Waals surface area (Å²) >= 11 is 0. The highest BCUT2D eigenvalue weighted by atomic mass is 16.5. The summed E-state index contributed by atoms with van der Waals surface area (Å²) in [6.07, 6.45) is 2.45. The highest BCUT2D eigenvalue weighted by molar-refractivity contribution is 5.66. The molecule has 1 rings (SSSR count). The molecule has 0 spiro atoms. The van der Waals surface area contributed by atoms with Crippen LogP contribution in [0.15, 0.2) is 0 Å². The zero-order valence-corrected chi connectivity index (χ0v) is 10.9. The minimum atomic E-state index is -0.716. The molecule has 1 aliphatic heterocycles. The van der Waals surface area contributed by atoms with Crippen molar-refractivity contribution in [2.75, 3.05) is 46.9 Å². The van der Waals surface area contributed by atoms with Crippen molar-refractivity contribution in [1.82, 2.24) is 9.80 Å². The van der Waals surface area contributed by atoms with Crippen molar-refractivity contribution >= 4 is 5.97 Å². The lowest BCUT2D eigenvalue weighted by molar-refractivity contribution is -0.137. The molecule has 0 bridgehead atoms. The number of hydrogen-bond donors (Lipinski definition) is 1. The van der Waals surface area contributed by atoms with Crippen LogP contribution < -0.4 is 0 Å². The number of aliphatic carboxylic acids is 1. The summed E-state index contributed by atoms with van der Waals surface area (Å²) in [4.78, 5) is 15.1. The van der Waals surface area contributed by atoms with Crippen molar-refractivity contribution in [2.24, 2.45) is 0 Å². The highest BCUT2D eigenvalue weighted by Crippen LogP contribution is 2.14. The molecule has 0 aromatic rings. The summed E-state index contributed by atoms with van der Waals surface area (Å²) < 4.78 is 5.04. The lowest BCUT2D eigenvalue weighted by Gasteiger charge is -2.24. The van der Waals surface area contributed by atoms with E-state index >= 15 is 0 Å². The number of methoxy groups -OCH3 is 1. The first-order chi connectivity index (χ1) is 8.13. The Kier molecular flexibility index (Phi) is 6.47. The Morgan fingerprint density at radius 2 is 2.35 bits per heavy atom. The van der Waals surface area contributed by atoms with E-state index in [2.05, 4.69) is 9.80 Å². The van der Waals surface area contributed by atoms with Gasteiger partial charge in [-0.15, -0.1) is 0 Å². The normalized spacial score (nSPS) is 21.2. The fourth-order valence-electron chi connectivity index (χ4n) is 2.26. The van der Waals surface area contributed by atoms with Gasteiger partial charge in [0.1, 0.15) is 0 Å². The third-order valence-electron chi connectivity index (χ3n) is 3.37. The van der Waals surface area contributed by atoms with E-state index in [1.807, 2.05) is 7.05 Å². The molecule has 0 aromatic heterocycles. The Balaban J connectivity index is 2.17. The van der Waals surface area contributed by atoms with Gasteiger partial charge >= 0.3 is 5.97 Å². The van der Waals surface area contributed by atoms with Gasteiger partial charge in [-0.2, -0.15) is 0 Å². The van der Waals surface area contributed by atoms with Crippen LogP contribution >= 0.6 is 0 Å². The molecule has 1 fully saturated rings. The van der Waals surface area contributed by atoms with Gasteiger partial charge in [0, 0.05) is 39.4 Å². The molecular weight excluding hydrogens is 220 g/mol. The molecule has 1 unspecified atom stereocenters. The van der Waals surface area contributed by atoms with Crippen LogP contribution in [0.3, 0.4) is 0 Å². The first-order valence-corrected chi connectivity index (χ1v) is 6.27. The number of carboxylic acids is 1. The van der Waals surface area contributed by atoms with Gasteiger partial charge in [0.25, 0.3) is 0 Å². The van der Waals surface area contributed by atoms with E-state index in [0.29, 0.717) is 12.6 Å². The lowest BCUT2D eigenvalue weighted by atomic mass is 10.2. The van der Waals surface area contributed by atoms with Gasteiger partial charge in [-0.25, -0.2) is 0 Å². The van der Waals surface area contributed by atoms with Crippen LogP contribution in [0.1, 0.15) is 19.3 Å². The maximum atomic E-state index is 10.5. The lowest BCUT2D eigenvalue weighted by Crippen LogP contribution is -2.36. The van der Waals surface area contributed by atoms with Gasteiger partial charge in [-0.1, -0.05) is 0 Å². The fraction of sp³-hybridized carbons (Fsp3) is 0.917. The van der Waals surface area contributed by atoms with Gasteiger partial charge in [0.15, 0.2) is 0 Å². The Morgan fingerprint density at radius 1 is 1.59 bits per heavy atom. The summed E-state index contributed by atoms with van der Waals surface area (Å²) in [5.41, 5.74) is 0. The molecule has 1 N–H and O–H groups in total. The van der Waals surface area contributed by atoms with Crippen LogP contribution in [0.2, 0.25) is 0 Å². The third kappa shape index (κ3) is 5.48. The molecular formula is C12H24N2O3. The molecule has 5 heteroatoms. The largest absolute Gasteiger partial charge is 0.481 e. The van der Waals surface area contributed by atoms with E-state index < -0.39 is 5.97 Å². The molecule has 1 saturated heterocycles. The number of rotatable bonds is 8. The number of likely N-dealkylation sites (N-methyl/N-ethyl adjacent to an activating group) is 1. The molecule has 1 aliphatic rings. The predicted molar refractivity (Wildman–Crippen MR) is 66.2 cm³/mol. The molecule has 0 aromatic carbocycles. The second-order valence-corrected chi connectivity index (χ2v) is 4.71. The molecule has 0 saturated carbocycles. The van der Waals surface area contributed by atoms with Crippen LogP contribution in [0.4, 0.5) is 0 Å². The van der Waals surface area contributed by atoms with Gasteiger partial charge in [0.05, 0.1) is 6.42 Å². The summed E-state index contributed by atoms with van der Waals surface area (Å²) in [5.74, 6) is -0.716. The van der Waals surface area contributed by atoms with E-state index in [0.717, 1.165) is 39.1 Å². The van der Waals surface area contributed by atoms with Crippen LogP contribution in [-0.2, 0) is 9.53 Å². The van der Waals surface area contributed by atoms with Crippen LogP contribution in [0.5, 0.6) is 0 Å². The number of carbonyl (C=O) groups is 1. The standard InChI is InChI=1S/C12H24N2O3/c1-13(7-5-12(15)16)11-4-8-14(10-11)6-3-9-17-2/h11H,3-10H2,1-2H3,(H,15,16). The molecule has 100 valence electrons. The maximum absolute atomic E-state index is 10.5. The Hall–Kier alpha value is -0.650. The number of ether oxygens (including phenoxy) is 1. The second kappa shape index (κ2) is 7.63. The van der Waals surface area contributed by atoms with Crippen molar-refractivity contribution in [2.45, 2.75) is 25.3 Å². The van der Waals surface area contributed by atoms with Crippen LogP contribution in [0.25, 0.3) is 0 Å². The number of nitrogens with zero attached hydrogens (tertiary/aromatic N) is 2. The van der Waals surface area contributed by atoms with E-state index in [1.54, 1.807) is 7.11 Å². The molecule has 17 heavy (non-hydrogen) atoms. The van der Waals surface area contributed by atoms with Crippen LogP contribution in [0, 0.1) is 0 Å². The number of carboxylic acid groups (broad SMARTS) is 1. The van der Waals surface area contributed by atoms with E-state index in [4.69, 9.17) is 9.84 Å². The smallest absolute Gasteiger partial charge is 0.304 e. The summed E-state index contributed by atoms with van der Waals surface area (Å²) in [6.45, 7) is 4.71. The SMILES string of the molecule is COCCCN1CCC(N(C)CCC(=O)O)C1. The second-order valence-electron chi connectivity index (χ2n) is 4.71. The first-order valence-electron chi connectivity index (χ1n) is 6.27. The monoisotopic (exact) mass is 244 g/mol. The van der Waals surface area contributed by atoms with Crippen LogP contribution in [-0.4, -0.2) is 73.9 Å². The molecule has 0 aliphatic carbocycles. The average molecular weight is 244 g/mol. The Bertz CT molecular complexity index is 236. The summed E-state index contributed by atoms with van der Waals surface area (Å²) in [7, 11) is 3.75. The van der Waals surface area contributed by atoms with Crippen molar-refractivity contribution in [3.8, 4) is 0 Å². The summed E-state index contributed by atoms with van der Waals surface area (Å²) in [5, 5.41) is 8.65. The van der Waals surface area contributed by atoms with Gasteiger partial charge in [-0.05, 0) is 26.4 Å². The van der Waals surface area contributed by atoms with E-state index in [-0.39, 0.29) is 6.42 Å². The number of hydrogen-bond acceptors (Lipinski definition) is 4. The quantitative estimate of drug-likeness (QED) is 0.630. The maximum Gasteiger partial charge on any atom is 0.304 e. The molecule has 1 atom stereocenters. The van der Waals surface area contributed by atoms with Gasteiger partial charge in [0.2, 0.25) is 0 Å². The highest BCUT2D eigenvalue weighted by Gasteiger charge is 2.25. The first kappa shape index (κ1) is 14.4. The molecule has 5 nitrogen and oxygen atoms in total. The van der Waals surface area contributed by atoms with Crippen molar-refractivity contribution in [3.05, 3.63) is 0 Å². The molecule has 0 radical (unpaired) electrons. The van der Waals surface area contributed by atoms with Crippen molar-refractivity contribution in [1.29, 1.82) is 0 Å². The zero-order chi connectivity index (χ0) is 12.7. The van der Waals surface area contributed by atoms with Gasteiger partial charge in [-0.3, -0.25) is 4.79 Å². The van der Waals surface area contributed by atoms with Crippen molar-refractivity contribution in [3.63, 3.8) is 0 Å². The van der Waals surface area contributed by atoms with E-state index in [1.165, 1.54) is 0 Å². The Morgan fingerprint density at radius 3 is 3.00 bits per heavy atom. The fourth-order valence-corrected chi connectivity index (χ4v) is 2.26. The third-order valence-corrected chi connectivity index (χ3v) is 3.37. The topological polar surface area (TPSA) is 53.0 Å². The van der Waals surface area contributed by atoms with Crippen molar-refractivity contribution < 1.29 is 14.6 Å². The number of likely N-dealkylation sites (tertiary alicyclic amines) is 1. The Labute approximate surface area is 103 Å². The van der Waals surface area contributed by atoms with Gasteiger partial charge < -0.3 is 19.6 Å². The molecule has 0 amide bonds. The molecule has 1 heterocycles. The van der Waals surface area contributed by atoms with E-state index in [9.17, 15) is 4.79 Å².